The molecule has 0 aromatic carbocycles. The van der Waals surface area contributed by atoms with Crippen LogP contribution in [0.25, 0.3) is 0 Å². The minimum absolute atomic E-state index is 0.0655. The van der Waals surface area contributed by atoms with E-state index in [0.717, 1.165) is 12.3 Å². The average Bonchev–Trinajstić information content (AvgIpc) is 2.11. The van der Waals surface area contributed by atoms with Gasteiger partial charge in [0.15, 0.2) is 0 Å². The number of hydrogen-bond donors (Lipinski definition) is 1. The standard InChI is InChI=1S/C9H20N2OS/c1-7(8(2)10)9(12)11(3)5-6-13-4/h7-8H,5-6,10H2,1-4H3. The molecule has 0 fully saturated rings. The van der Waals surface area contributed by atoms with Crippen molar-refractivity contribution in [3.05, 3.63) is 0 Å². The molecule has 0 bridgehead atoms. The van der Waals surface area contributed by atoms with Gasteiger partial charge in [-0.05, 0) is 13.2 Å². The molecule has 78 valence electrons. The monoisotopic (exact) mass is 204 g/mol. The van der Waals surface area contributed by atoms with E-state index in [9.17, 15) is 4.79 Å². The molecule has 0 aromatic rings. The number of carbonyl (C=O) groups excluding carboxylic acids is 1. The molecule has 3 nitrogen and oxygen atoms in total. The number of nitrogens with zero attached hydrogens (tertiary/aromatic N) is 1. The molecule has 0 aliphatic carbocycles. The normalized spacial score (nSPS) is 15.2. The molecule has 0 aromatic heterocycles. The Balaban J connectivity index is 3.94. The Bertz CT molecular complexity index is 162. The highest BCUT2D eigenvalue weighted by Crippen LogP contribution is 2.05. The summed E-state index contributed by atoms with van der Waals surface area (Å²) in [4.78, 5) is 13.4. The Morgan fingerprint density at radius 1 is 1.54 bits per heavy atom. The van der Waals surface area contributed by atoms with E-state index in [0.29, 0.717) is 0 Å². The summed E-state index contributed by atoms with van der Waals surface area (Å²) < 4.78 is 0. The van der Waals surface area contributed by atoms with Crippen molar-refractivity contribution in [3.63, 3.8) is 0 Å². The largest absolute Gasteiger partial charge is 0.345 e. The number of hydrogen-bond acceptors (Lipinski definition) is 3. The van der Waals surface area contributed by atoms with Crippen LogP contribution in [-0.4, -0.2) is 42.4 Å². The van der Waals surface area contributed by atoms with Crippen molar-refractivity contribution < 1.29 is 4.79 Å². The zero-order valence-corrected chi connectivity index (χ0v) is 9.73. The summed E-state index contributed by atoms with van der Waals surface area (Å²) in [7, 11) is 1.83. The topological polar surface area (TPSA) is 46.3 Å². The highest BCUT2D eigenvalue weighted by molar-refractivity contribution is 7.98. The van der Waals surface area contributed by atoms with E-state index in [1.807, 2.05) is 27.2 Å². The van der Waals surface area contributed by atoms with Crippen LogP contribution in [0.3, 0.4) is 0 Å². The summed E-state index contributed by atoms with van der Waals surface area (Å²) >= 11 is 1.74. The summed E-state index contributed by atoms with van der Waals surface area (Å²) in [5.74, 6) is 1.05. The van der Waals surface area contributed by atoms with Crippen molar-refractivity contribution in [2.75, 3.05) is 25.6 Å². The maximum atomic E-state index is 11.6. The molecule has 0 spiro atoms. The summed E-state index contributed by atoms with van der Waals surface area (Å²) in [5.41, 5.74) is 5.65. The third-order valence-corrected chi connectivity index (χ3v) is 2.78. The third-order valence-electron chi connectivity index (χ3n) is 2.19. The second-order valence-corrected chi connectivity index (χ2v) is 4.39. The van der Waals surface area contributed by atoms with Crippen LogP contribution in [-0.2, 0) is 4.79 Å². The van der Waals surface area contributed by atoms with E-state index in [-0.39, 0.29) is 17.9 Å². The minimum Gasteiger partial charge on any atom is -0.345 e. The van der Waals surface area contributed by atoms with Crippen LogP contribution in [0.4, 0.5) is 0 Å². The van der Waals surface area contributed by atoms with Crippen LogP contribution in [0, 0.1) is 5.92 Å². The number of amides is 1. The first-order valence-electron chi connectivity index (χ1n) is 4.50. The first-order valence-corrected chi connectivity index (χ1v) is 5.89. The molecule has 13 heavy (non-hydrogen) atoms. The van der Waals surface area contributed by atoms with Crippen molar-refractivity contribution >= 4 is 17.7 Å². The van der Waals surface area contributed by atoms with E-state index in [1.54, 1.807) is 16.7 Å². The maximum Gasteiger partial charge on any atom is 0.226 e. The third kappa shape index (κ3) is 4.52. The van der Waals surface area contributed by atoms with Crippen molar-refractivity contribution in [1.29, 1.82) is 0 Å². The van der Waals surface area contributed by atoms with Gasteiger partial charge in [0, 0.05) is 25.4 Å². The van der Waals surface area contributed by atoms with Crippen molar-refractivity contribution in [2.45, 2.75) is 19.9 Å². The van der Waals surface area contributed by atoms with E-state index in [4.69, 9.17) is 5.73 Å². The first-order chi connectivity index (χ1) is 6.00. The highest BCUT2D eigenvalue weighted by atomic mass is 32.2. The summed E-state index contributed by atoms with van der Waals surface area (Å²) in [5, 5.41) is 0. The molecule has 0 heterocycles. The second-order valence-electron chi connectivity index (χ2n) is 3.40. The van der Waals surface area contributed by atoms with Gasteiger partial charge < -0.3 is 10.6 Å². The zero-order chi connectivity index (χ0) is 10.4. The van der Waals surface area contributed by atoms with Crippen molar-refractivity contribution in [1.82, 2.24) is 4.90 Å². The Labute approximate surface area is 85.0 Å². The lowest BCUT2D eigenvalue weighted by Gasteiger charge is -2.23. The van der Waals surface area contributed by atoms with Crippen LogP contribution in [0.1, 0.15) is 13.8 Å². The second kappa shape index (κ2) is 6.27. The lowest BCUT2D eigenvalue weighted by molar-refractivity contribution is -0.133. The fourth-order valence-corrected chi connectivity index (χ4v) is 1.37. The predicted molar refractivity (Wildman–Crippen MR) is 58.8 cm³/mol. The molecule has 0 radical (unpaired) electrons. The molecule has 2 atom stereocenters. The van der Waals surface area contributed by atoms with Crippen LogP contribution >= 0.6 is 11.8 Å². The molecule has 0 aliphatic rings. The van der Waals surface area contributed by atoms with Gasteiger partial charge in [-0.1, -0.05) is 6.92 Å². The van der Waals surface area contributed by atoms with Crippen molar-refractivity contribution in [3.8, 4) is 0 Å². The van der Waals surface area contributed by atoms with Gasteiger partial charge in [0.25, 0.3) is 0 Å². The summed E-state index contributed by atoms with van der Waals surface area (Å²) in [6.45, 7) is 4.55. The van der Waals surface area contributed by atoms with Crippen LogP contribution in [0.5, 0.6) is 0 Å². The number of nitrogens with two attached hydrogens (primary N) is 1. The average molecular weight is 204 g/mol. The van der Waals surface area contributed by atoms with E-state index < -0.39 is 0 Å². The quantitative estimate of drug-likeness (QED) is 0.720. The van der Waals surface area contributed by atoms with Crippen LogP contribution in [0.2, 0.25) is 0 Å². The molecule has 4 heteroatoms. The van der Waals surface area contributed by atoms with Gasteiger partial charge in [-0.25, -0.2) is 0 Å². The van der Waals surface area contributed by atoms with Gasteiger partial charge in [-0.15, -0.1) is 0 Å². The predicted octanol–water partition coefficient (Wildman–Crippen LogP) is 0.791. The fourth-order valence-electron chi connectivity index (χ4n) is 0.911. The molecule has 2 unspecified atom stereocenters. The van der Waals surface area contributed by atoms with Gasteiger partial charge in [-0.3, -0.25) is 4.79 Å². The van der Waals surface area contributed by atoms with Gasteiger partial charge in [0.2, 0.25) is 5.91 Å². The van der Waals surface area contributed by atoms with Crippen LogP contribution in [0.15, 0.2) is 0 Å². The number of thioether (sulfide) groups is 1. The van der Waals surface area contributed by atoms with E-state index in [1.165, 1.54) is 0 Å². The molecule has 0 saturated heterocycles. The highest BCUT2D eigenvalue weighted by Gasteiger charge is 2.20. The molecular formula is C9H20N2OS. The molecule has 0 rings (SSSR count). The molecule has 2 N–H and O–H groups in total. The van der Waals surface area contributed by atoms with Gasteiger partial charge >= 0.3 is 0 Å². The molecule has 0 aliphatic heterocycles. The smallest absolute Gasteiger partial charge is 0.226 e. The Morgan fingerprint density at radius 2 is 2.08 bits per heavy atom. The SMILES string of the molecule is CSCCN(C)C(=O)C(C)C(C)N. The first kappa shape index (κ1) is 12.8. The van der Waals surface area contributed by atoms with Crippen molar-refractivity contribution in [2.24, 2.45) is 11.7 Å². The van der Waals surface area contributed by atoms with E-state index in [2.05, 4.69) is 0 Å². The molecule has 0 saturated carbocycles. The van der Waals surface area contributed by atoms with Gasteiger partial charge in [-0.2, -0.15) is 11.8 Å². The lowest BCUT2D eigenvalue weighted by atomic mass is 10.0. The summed E-state index contributed by atoms with van der Waals surface area (Å²) in [6.07, 6.45) is 2.04. The lowest BCUT2D eigenvalue weighted by Crippen LogP contribution is -2.40. The Morgan fingerprint density at radius 3 is 2.46 bits per heavy atom. The minimum atomic E-state index is -0.0770. The van der Waals surface area contributed by atoms with Crippen LogP contribution < -0.4 is 5.73 Å². The maximum absolute atomic E-state index is 11.6. The fraction of sp³-hybridized carbons (Fsp3) is 0.889. The number of rotatable bonds is 5. The Kier molecular flexibility index (Phi) is 6.16. The van der Waals surface area contributed by atoms with Gasteiger partial charge in [0.1, 0.15) is 0 Å². The molecule has 1 amide bonds. The summed E-state index contributed by atoms with van der Waals surface area (Å²) in [6, 6.07) is -0.0655. The Hall–Kier alpha value is -0.220. The molecular weight excluding hydrogens is 184 g/mol. The van der Waals surface area contributed by atoms with E-state index >= 15 is 0 Å². The zero-order valence-electron chi connectivity index (χ0n) is 8.91. The number of carbonyl (C=O) groups is 1. The van der Waals surface area contributed by atoms with Gasteiger partial charge in [0.05, 0.1) is 5.92 Å².